The summed E-state index contributed by atoms with van der Waals surface area (Å²) in [5.74, 6) is 0.882. The maximum atomic E-state index is 4.39. The zero-order valence-corrected chi connectivity index (χ0v) is 13.5. The van der Waals surface area contributed by atoms with E-state index in [0.29, 0.717) is 5.41 Å². The Morgan fingerprint density at radius 2 is 1.91 bits per heavy atom. The van der Waals surface area contributed by atoms with Crippen LogP contribution in [-0.4, -0.2) is 51.0 Å². The average Bonchev–Trinajstić information content (AvgIpc) is 3.10. The van der Waals surface area contributed by atoms with Crippen molar-refractivity contribution in [1.29, 1.82) is 0 Å². The molecule has 0 amide bonds. The molecule has 2 fully saturated rings. The Kier molecular flexibility index (Phi) is 3.99. The number of nitrogens with one attached hydrogen (secondary N) is 1. The first kappa shape index (κ1) is 14.6. The summed E-state index contributed by atoms with van der Waals surface area (Å²) in [5.41, 5.74) is 1.70. The first-order valence-corrected chi connectivity index (χ1v) is 8.55. The quantitative estimate of drug-likeness (QED) is 0.940. The third kappa shape index (κ3) is 3.22. The molecule has 0 atom stereocenters. The van der Waals surface area contributed by atoms with Gasteiger partial charge in [-0.2, -0.15) is 0 Å². The Bertz CT molecular complexity index is 603. The van der Waals surface area contributed by atoms with Crippen LogP contribution in [0.3, 0.4) is 0 Å². The summed E-state index contributed by atoms with van der Waals surface area (Å²) >= 11 is 0. The van der Waals surface area contributed by atoms with Crippen LogP contribution < -0.4 is 4.90 Å². The normalized spacial score (nSPS) is 21.7. The molecule has 0 aliphatic carbocycles. The topological polar surface area (TPSA) is 60.9 Å². The van der Waals surface area contributed by atoms with Crippen LogP contribution in [0.5, 0.6) is 0 Å². The predicted octanol–water partition coefficient (Wildman–Crippen LogP) is 2.08. The van der Waals surface area contributed by atoms with E-state index in [9.17, 15) is 0 Å². The number of aromatic nitrogens is 4. The monoisotopic (exact) mass is 312 g/mol. The molecule has 0 aromatic carbocycles. The van der Waals surface area contributed by atoms with E-state index in [4.69, 9.17) is 0 Å². The molecule has 122 valence electrons. The molecule has 2 aliphatic rings. The molecule has 6 nitrogen and oxygen atoms in total. The number of aromatic amines is 1. The molecule has 1 spiro atoms. The molecule has 2 aromatic heterocycles. The van der Waals surface area contributed by atoms with E-state index in [-0.39, 0.29) is 0 Å². The molecule has 2 aromatic rings. The molecule has 1 N–H and O–H groups in total. The van der Waals surface area contributed by atoms with Crippen LogP contribution in [0.25, 0.3) is 0 Å². The second kappa shape index (κ2) is 6.28. The van der Waals surface area contributed by atoms with Gasteiger partial charge in [0.1, 0.15) is 0 Å². The summed E-state index contributed by atoms with van der Waals surface area (Å²) in [6.07, 6.45) is 12.5. The lowest BCUT2D eigenvalue weighted by atomic mass is 9.72. The number of nitrogens with zero attached hydrogens (tertiary/aromatic N) is 5. The van der Waals surface area contributed by atoms with Crippen LogP contribution in [0.15, 0.2) is 31.0 Å². The fraction of sp³-hybridized carbons (Fsp3) is 0.588. The van der Waals surface area contributed by atoms with Crippen molar-refractivity contribution in [1.82, 2.24) is 24.8 Å². The van der Waals surface area contributed by atoms with Crippen molar-refractivity contribution in [3.05, 3.63) is 36.7 Å². The van der Waals surface area contributed by atoms with Crippen molar-refractivity contribution in [3.8, 4) is 0 Å². The van der Waals surface area contributed by atoms with Gasteiger partial charge in [-0.1, -0.05) is 0 Å². The van der Waals surface area contributed by atoms with Crippen molar-refractivity contribution in [2.45, 2.75) is 32.2 Å². The Balaban J connectivity index is 1.38. The minimum Gasteiger partial charge on any atom is -0.347 e. The van der Waals surface area contributed by atoms with Crippen LogP contribution in [0, 0.1) is 5.41 Å². The SMILES string of the molecule is c1cnc(N2CCC3(CCCN(Cc4cnc[nH]4)C3)CC2)nc1. The van der Waals surface area contributed by atoms with Gasteiger partial charge >= 0.3 is 0 Å². The van der Waals surface area contributed by atoms with E-state index in [2.05, 4.69) is 29.7 Å². The summed E-state index contributed by atoms with van der Waals surface area (Å²) in [4.78, 5) is 21.1. The Morgan fingerprint density at radius 1 is 1.09 bits per heavy atom. The molecule has 0 saturated carbocycles. The Morgan fingerprint density at radius 3 is 2.65 bits per heavy atom. The van der Waals surface area contributed by atoms with Crippen molar-refractivity contribution in [2.24, 2.45) is 5.41 Å². The second-order valence-electron chi connectivity index (χ2n) is 6.93. The molecule has 0 unspecified atom stereocenters. The van der Waals surface area contributed by atoms with E-state index < -0.39 is 0 Å². The molecular formula is C17H24N6. The van der Waals surface area contributed by atoms with E-state index in [1.54, 1.807) is 6.33 Å². The Labute approximate surface area is 137 Å². The fourth-order valence-electron chi connectivity index (χ4n) is 4.10. The number of rotatable bonds is 3. The average molecular weight is 312 g/mol. The number of H-pyrrole nitrogens is 1. The highest BCUT2D eigenvalue weighted by molar-refractivity contribution is 5.29. The summed E-state index contributed by atoms with van der Waals surface area (Å²) in [7, 11) is 0. The largest absolute Gasteiger partial charge is 0.347 e. The molecule has 4 rings (SSSR count). The molecular weight excluding hydrogens is 288 g/mol. The zero-order valence-electron chi connectivity index (χ0n) is 13.5. The summed E-state index contributed by atoms with van der Waals surface area (Å²) in [6.45, 7) is 5.54. The smallest absolute Gasteiger partial charge is 0.225 e. The standard InChI is InChI=1S/C17H24N6/c1-3-17(13-22(8-1)12-15-11-18-14-21-15)4-9-23(10-5-17)16-19-6-2-7-20-16/h2,6-7,11,14H,1,3-5,8-10,12-13H2,(H,18,21). The number of imidazole rings is 1. The van der Waals surface area contributed by atoms with Crippen LogP contribution >= 0.6 is 0 Å². The highest BCUT2D eigenvalue weighted by Gasteiger charge is 2.38. The van der Waals surface area contributed by atoms with Gasteiger partial charge in [0.05, 0.1) is 6.33 Å². The Hall–Kier alpha value is -1.95. The highest BCUT2D eigenvalue weighted by atomic mass is 15.3. The number of anilines is 1. The number of piperidine rings is 2. The molecule has 0 radical (unpaired) electrons. The van der Waals surface area contributed by atoms with Crippen LogP contribution in [0.2, 0.25) is 0 Å². The van der Waals surface area contributed by atoms with Gasteiger partial charge in [-0.05, 0) is 43.7 Å². The second-order valence-corrected chi connectivity index (χ2v) is 6.93. The van der Waals surface area contributed by atoms with Crippen molar-refractivity contribution in [3.63, 3.8) is 0 Å². The number of hydrogen-bond donors (Lipinski definition) is 1. The summed E-state index contributed by atoms with van der Waals surface area (Å²) < 4.78 is 0. The van der Waals surface area contributed by atoms with Crippen LogP contribution in [0.4, 0.5) is 5.95 Å². The van der Waals surface area contributed by atoms with Crippen LogP contribution in [0.1, 0.15) is 31.4 Å². The maximum absolute atomic E-state index is 4.39. The lowest BCUT2D eigenvalue weighted by Crippen LogP contribution is -2.49. The third-order valence-electron chi connectivity index (χ3n) is 5.35. The van der Waals surface area contributed by atoms with Gasteiger partial charge in [0.25, 0.3) is 0 Å². The molecule has 2 saturated heterocycles. The lowest BCUT2D eigenvalue weighted by molar-refractivity contribution is 0.0596. The molecule has 23 heavy (non-hydrogen) atoms. The van der Waals surface area contributed by atoms with Crippen molar-refractivity contribution in [2.75, 3.05) is 31.1 Å². The molecule has 4 heterocycles. The van der Waals surface area contributed by atoms with E-state index >= 15 is 0 Å². The van der Waals surface area contributed by atoms with Gasteiger partial charge < -0.3 is 9.88 Å². The lowest BCUT2D eigenvalue weighted by Gasteiger charge is -2.47. The first-order chi connectivity index (χ1) is 11.3. The van der Waals surface area contributed by atoms with Gasteiger partial charge in [-0.3, -0.25) is 4.90 Å². The molecule has 6 heteroatoms. The van der Waals surface area contributed by atoms with E-state index in [0.717, 1.165) is 25.6 Å². The van der Waals surface area contributed by atoms with E-state index in [1.165, 1.54) is 44.5 Å². The van der Waals surface area contributed by atoms with Crippen LogP contribution in [-0.2, 0) is 6.54 Å². The van der Waals surface area contributed by atoms with Gasteiger partial charge in [0, 0.05) is 50.5 Å². The summed E-state index contributed by atoms with van der Waals surface area (Å²) in [6, 6.07) is 1.88. The first-order valence-electron chi connectivity index (χ1n) is 8.55. The van der Waals surface area contributed by atoms with Gasteiger partial charge in [0.2, 0.25) is 5.95 Å². The van der Waals surface area contributed by atoms with Crippen molar-refractivity contribution < 1.29 is 0 Å². The van der Waals surface area contributed by atoms with Gasteiger partial charge in [-0.25, -0.2) is 15.0 Å². The van der Waals surface area contributed by atoms with Gasteiger partial charge in [-0.15, -0.1) is 0 Å². The predicted molar refractivity (Wildman–Crippen MR) is 89.0 cm³/mol. The third-order valence-corrected chi connectivity index (χ3v) is 5.35. The minimum atomic E-state index is 0.476. The minimum absolute atomic E-state index is 0.476. The van der Waals surface area contributed by atoms with Crippen molar-refractivity contribution >= 4 is 5.95 Å². The fourth-order valence-corrected chi connectivity index (χ4v) is 4.10. The number of hydrogen-bond acceptors (Lipinski definition) is 5. The maximum Gasteiger partial charge on any atom is 0.225 e. The zero-order chi connectivity index (χ0) is 15.5. The summed E-state index contributed by atoms with van der Waals surface area (Å²) in [5, 5.41) is 0. The molecule has 0 bridgehead atoms. The number of likely N-dealkylation sites (tertiary alicyclic amines) is 1. The van der Waals surface area contributed by atoms with Gasteiger partial charge in [0.15, 0.2) is 0 Å². The highest BCUT2D eigenvalue weighted by Crippen LogP contribution is 2.40. The van der Waals surface area contributed by atoms with E-state index in [1.807, 2.05) is 24.7 Å². The molecule has 2 aliphatic heterocycles.